The minimum Gasteiger partial charge on any atom is -0.349 e. The summed E-state index contributed by atoms with van der Waals surface area (Å²) < 4.78 is 0. The Morgan fingerprint density at radius 2 is 1.71 bits per heavy atom. The van der Waals surface area contributed by atoms with Crippen molar-refractivity contribution in [2.24, 2.45) is 11.3 Å². The molecule has 0 aromatic heterocycles. The third-order valence-electron chi connectivity index (χ3n) is 8.31. The van der Waals surface area contributed by atoms with Crippen LogP contribution in [0, 0.1) is 11.3 Å². The molecule has 2 heterocycles. The normalized spacial score (nSPS) is 30.3. The molecule has 1 saturated carbocycles. The molecule has 3 aliphatic rings. The first-order valence-electron chi connectivity index (χ1n) is 13.6. The summed E-state index contributed by atoms with van der Waals surface area (Å²) in [6.45, 7) is 9.27. The smallest absolute Gasteiger partial charge is 0.239 e. The third kappa shape index (κ3) is 6.20. The second-order valence-electron chi connectivity index (χ2n) is 11.8. The molecule has 1 aliphatic carbocycles. The molecule has 34 heavy (non-hydrogen) atoms. The standard InChI is InChI=1S/C28H46N4O2/c1-27(2,3)28(23-16-12-7-5-4-6-8-13-17-23)18-25(31-34-28)26(33)30-24-19-29-32(21-24)20-22-14-10-9-11-15-22/h9-11,14-15,23-25,29,31H,4-8,12-13,16-21H2,1-3H3,(H,30,33). The lowest BCUT2D eigenvalue weighted by atomic mass is 9.63. The van der Waals surface area contributed by atoms with E-state index in [1.165, 1.54) is 63.4 Å². The van der Waals surface area contributed by atoms with Gasteiger partial charge in [0.25, 0.3) is 0 Å². The number of carbonyl (C=O) groups excluding carboxylic acids is 1. The maximum absolute atomic E-state index is 13.3. The number of carbonyl (C=O) groups is 1. The predicted octanol–water partition coefficient (Wildman–Crippen LogP) is 4.71. The fourth-order valence-electron chi connectivity index (χ4n) is 6.26. The van der Waals surface area contributed by atoms with Crippen molar-refractivity contribution in [1.29, 1.82) is 0 Å². The molecule has 2 saturated heterocycles. The van der Waals surface area contributed by atoms with Gasteiger partial charge < -0.3 is 5.32 Å². The van der Waals surface area contributed by atoms with E-state index < -0.39 is 0 Å². The number of hydroxylamine groups is 1. The van der Waals surface area contributed by atoms with Crippen LogP contribution < -0.4 is 16.2 Å². The number of rotatable bonds is 5. The van der Waals surface area contributed by atoms with Gasteiger partial charge in [0, 0.05) is 26.1 Å². The molecule has 3 fully saturated rings. The summed E-state index contributed by atoms with van der Waals surface area (Å²) in [6, 6.07) is 10.3. The fourth-order valence-corrected chi connectivity index (χ4v) is 6.26. The fraction of sp³-hybridized carbons (Fsp3) is 0.750. The van der Waals surface area contributed by atoms with Crippen LogP contribution in [0.2, 0.25) is 0 Å². The molecule has 0 radical (unpaired) electrons. The lowest BCUT2D eigenvalue weighted by Crippen LogP contribution is -2.50. The molecule has 0 spiro atoms. The second kappa shape index (κ2) is 11.5. The Bertz CT molecular complexity index is 770. The maximum Gasteiger partial charge on any atom is 0.239 e. The highest BCUT2D eigenvalue weighted by atomic mass is 16.7. The van der Waals surface area contributed by atoms with Gasteiger partial charge in [0.1, 0.15) is 6.04 Å². The molecule has 3 N–H and O–H groups in total. The van der Waals surface area contributed by atoms with E-state index in [0.717, 1.165) is 26.1 Å². The molecular formula is C28H46N4O2. The maximum atomic E-state index is 13.3. The van der Waals surface area contributed by atoms with Crippen molar-refractivity contribution >= 4 is 5.91 Å². The van der Waals surface area contributed by atoms with Gasteiger partial charge in [0.2, 0.25) is 5.91 Å². The number of nitrogens with one attached hydrogen (secondary N) is 3. The Kier molecular flexibility index (Phi) is 8.67. The number of benzene rings is 1. The predicted molar refractivity (Wildman–Crippen MR) is 137 cm³/mol. The number of hydrogen-bond acceptors (Lipinski definition) is 5. The molecule has 0 bridgehead atoms. The van der Waals surface area contributed by atoms with Gasteiger partial charge in [-0.25, -0.2) is 5.01 Å². The molecule has 3 atom stereocenters. The molecule has 4 rings (SSSR count). The van der Waals surface area contributed by atoms with E-state index in [2.05, 4.69) is 66.3 Å². The summed E-state index contributed by atoms with van der Waals surface area (Å²) in [5.74, 6) is 0.560. The Morgan fingerprint density at radius 3 is 2.35 bits per heavy atom. The number of nitrogens with zero attached hydrogens (tertiary/aromatic N) is 1. The molecule has 6 heteroatoms. The molecule has 2 aliphatic heterocycles. The number of amides is 1. The van der Waals surface area contributed by atoms with Gasteiger partial charge in [-0.1, -0.05) is 96.0 Å². The van der Waals surface area contributed by atoms with Gasteiger partial charge >= 0.3 is 0 Å². The molecule has 3 unspecified atom stereocenters. The first-order chi connectivity index (χ1) is 16.4. The van der Waals surface area contributed by atoms with Gasteiger partial charge in [-0.2, -0.15) is 5.48 Å². The second-order valence-corrected chi connectivity index (χ2v) is 11.8. The largest absolute Gasteiger partial charge is 0.349 e. The summed E-state index contributed by atoms with van der Waals surface area (Å²) in [4.78, 5) is 19.8. The topological polar surface area (TPSA) is 65.6 Å². The Morgan fingerprint density at radius 1 is 1.06 bits per heavy atom. The van der Waals surface area contributed by atoms with E-state index in [-0.39, 0.29) is 29.0 Å². The quantitative estimate of drug-likeness (QED) is 0.582. The summed E-state index contributed by atoms with van der Waals surface area (Å²) >= 11 is 0. The van der Waals surface area contributed by atoms with Crippen molar-refractivity contribution < 1.29 is 9.63 Å². The average molecular weight is 471 g/mol. The summed E-state index contributed by atoms with van der Waals surface area (Å²) in [7, 11) is 0. The van der Waals surface area contributed by atoms with Crippen LogP contribution in [0.3, 0.4) is 0 Å². The van der Waals surface area contributed by atoms with Crippen LogP contribution in [0.15, 0.2) is 30.3 Å². The highest BCUT2D eigenvalue weighted by Gasteiger charge is 2.55. The zero-order chi connectivity index (χ0) is 24.0. The summed E-state index contributed by atoms with van der Waals surface area (Å²) in [5.41, 5.74) is 7.56. The molecule has 190 valence electrons. The molecule has 6 nitrogen and oxygen atoms in total. The van der Waals surface area contributed by atoms with Gasteiger partial charge in [-0.3, -0.25) is 15.1 Å². The van der Waals surface area contributed by atoms with Crippen LogP contribution in [-0.4, -0.2) is 41.7 Å². The lowest BCUT2D eigenvalue weighted by Gasteiger charge is -2.46. The van der Waals surface area contributed by atoms with Crippen molar-refractivity contribution in [3.05, 3.63) is 35.9 Å². The van der Waals surface area contributed by atoms with E-state index >= 15 is 0 Å². The molecule has 1 amide bonds. The van der Waals surface area contributed by atoms with Gasteiger partial charge in [0.05, 0.1) is 11.6 Å². The summed E-state index contributed by atoms with van der Waals surface area (Å²) in [6.07, 6.45) is 12.4. The summed E-state index contributed by atoms with van der Waals surface area (Å²) in [5, 5.41) is 5.48. The van der Waals surface area contributed by atoms with Crippen molar-refractivity contribution in [3.63, 3.8) is 0 Å². The average Bonchev–Trinajstić information content (AvgIpc) is 3.46. The van der Waals surface area contributed by atoms with Crippen molar-refractivity contribution in [1.82, 2.24) is 21.2 Å². The monoisotopic (exact) mass is 470 g/mol. The van der Waals surface area contributed by atoms with Crippen molar-refractivity contribution in [2.75, 3.05) is 13.1 Å². The molecule has 1 aromatic carbocycles. The Hall–Kier alpha value is -1.47. The van der Waals surface area contributed by atoms with Crippen molar-refractivity contribution in [2.45, 2.75) is 109 Å². The Labute approximate surface area is 206 Å². The molecule has 1 aromatic rings. The van der Waals surface area contributed by atoms with Gasteiger partial charge in [-0.05, 0) is 29.7 Å². The number of hydrogen-bond donors (Lipinski definition) is 3. The third-order valence-corrected chi connectivity index (χ3v) is 8.31. The van der Waals surface area contributed by atoms with Crippen LogP contribution in [-0.2, 0) is 16.2 Å². The molecular weight excluding hydrogens is 424 g/mol. The zero-order valence-electron chi connectivity index (χ0n) is 21.6. The van der Waals surface area contributed by atoms with E-state index in [4.69, 9.17) is 4.84 Å². The van der Waals surface area contributed by atoms with E-state index in [1.54, 1.807) is 0 Å². The first kappa shape index (κ1) is 25.6. The van der Waals surface area contributed by atoms with Gasteiger partial charge in [-0.15, -0.1) is 0 Å². The highest BCUT2D eigenvalue weighted by Crippen LogP contribution is 2.49. The van der Waals surface area contributed by atoms with Crippen LogP contribution in [0.5, 0.6) is 0 Å². The van der Waals surface area contributed by atoms with E-state index in [0.29, 0.717) is 5.92 Å². The number of hydrazine groups is 1. The SMILES string of the molecule is CC(C)(C)C1(C2CCCCCCCCC2)CC(C(=O)NC2CNN(Cc3ccccc3)C2)NO1. The van der Waals surface area contributed by atoms with Crippen LogP contribution in [0.1, 0.15) is 90.5 Å². The van der Waals surface area contributed by atoms with Crippen molar-refractivity contribution in [3.8, 4) is 0 Å². The van der Waals surface area contributed by atoms with Crippen LogP contribution >= 0.6 is 0 Å². The first-order valence-corrected chi connectivity index (χ1v) is 13.6. The highest BCUT2D eigenvalue weighted by molar-refractivity contribution is 5.82. The van der Waals surface area contributed by atoms with E-state index in [9.17, 15) is 4.79 Å². The van der Waals surface area contributed by atoms with Crippen LogP contribution in [0.25, 0.3) is 0 Å². The van der Waals surface area contributed by atoms with E-state index in [1.807, 2.05) is 6.07 Å². The minimum absolute atomic E-state index is 0.0365. The van der Waals surface area contributed by atoms with Crippen LogP contribution in [0.4, 0.5) is 0 Å². The zero-order valence-corrected chi connectivity index (χ0v) is 21.6. The van der Waals surface area contributed by atoms with Gasteiger partial charge in [0.15, 0.2) is 0 Å². The minimum atomic E-state index is -0.304. The lowest BCUT2D eigenvalue weighted by molar-refractivity contribution is -0.159. The Balaban J connectivity index is 1.35.